The number of carbonyl (C=O) groups is 1. The molecule has 3 rings (SSSR count). The van der Waals surface area contributed by atoms with Crippen LogP contribution in [-0.2, 0) is 4.79 Å². The molecular weight excluding hydrogens is 216 g/mol. The number of pyridine rings is 1. The fraction of sp³-hybridized carbons (Fsp3) is 0.500. The van der Waals surface area contributed by atoms with Crippen molar-refractivity contribution < 1.29 is 4.79 Å². The molecule has 1 saturated heterocycles. The van der Waals surface area contributed by atoms with E-state index in [2.05, 4.69) is 20.5 Å². The van der Waals surface area contributed by atoms with Crippen LogP contribution in [0.25, 0.3) is 0 Å². The Kier molecular flexibility index (Phi) is 2.68. The lowest BCUT2D eigenvalue weighted by molar-refractivity contribution is -0.115. The quantitative estimate of drug-likeness (QED) is 0.744. The molecule has 2 aliphatic rings. The molecule has 1 fully saturated rings. The summed E-state index contributed by atoms with van der Waals surface area (Å²) in [5.41, 5.74) is 1.94. The molecule has 2 N–H and O–H groups in total. The van der Waals surface area contributed by atoms with E-state index in [0.29, 0.717) is 12.6 Å². The number of nitrogens with one attached hydrogen (secondary N) is 2. The highest BCUT2D eigenvalue weighted by molar-refractivity contribution is 6.01. The van der Waals surface area contributed by atoms with Crippen molar-refractivity contribution in [1.29, 1.82) is 0 Å². The summed E-state index contributed by atoms with van der Waals surface area (Å²) in [6, 6.07) is 2.31. The molecule has 0 aliphatic carbocycles. The second-order valence-corrected chi connectivity index (χ2v) is 4.55. The van der Waals surface area contributed by atoms with Crippen LogP contribution in [0.5, 0.6) is 0 Å². The lowest BCUT2D eigenvalue weighted by Gasteiger charge is -2.39. The standard InChI is InChI=1S/C12H16N4O/c17-12-8-16(9-1-4-13-5-2-9)11-7-14-6-3-10(11)15-12/h3,6-7,9,13H,1-2,4-5,8H2,(H,15,17). The van der Waals surface area contributed by atoms with Crippen molar-refractivity contribution in [2.75, 3.05) is 29.9 Å². The van der Waals surface area contributed by atoms with Gasteiger partial charge in [0.2, 0.25) is 5.91 Å². The third-order valence-corrected chi connectivity index (χ3v) is 3.45. The molecule has 3 heterocycles. The minimum Gasteiger partial charge on any atom is -0.356 e. The second kappa shape index (κ2) is 4.33. The van der Waals surface area contributed by atoms with Crippen molar-refractivity contribution in [3.8, 4) is 0 Å². The number of anilines is 2. The van der Waals surface area contributed by atoms with E-state index in [-0.39, 0.29) is 5.91 Å². The summed E-state index contributed by atoms with van der Waals surface area (Å²) in [6.07, 6.45) is 5.73. The van der Waals surface area contributed by atoms with Gasteiger partial charge in [0.1, 0.15) is 0 Å². The van der Waals surface area contributed by atoms with Gasteiger partial charge in [-0.25, -0.2) is 0 Å². The number of piperidine rings is 1. The highest BCUT2D eigenvalue weighted by atomic mass is 16.2. The highest BCUT2D eigenvalue weighted by Gasteiger charge is 2.28. The summed E-state index contributed by atoms with van der Waals surface area (Å²) in [6.45, 7) is 2.50. The van der Waals surface area contributed by atoms with Crippen molar-refractivity contribution >= 4 is 17.3 Å². The highest BCUT2D eigenvalue weighted by Crippen LogP contribution is 2.31. The SMILES string of the molecule is O=C1CN(C2CCNCC2)c2cnccc2N1. The number of hydrogen-bond acceptors (Lipinski definition) is 4. The monoisotopic (exact) mass is 232 g/mol. The van der Waals surface area contributed by atoms with Crippen LogP contribution < -0.4 is 15.5 Å². The zero-order valence-electron chi connectivity index (χ0n) is 9.65. The topological polar surface area (TPSA) is 57.3 Å². The number of rotatable bonds is 1. The number of hydrogen-bond donors (Lipinski definition) is 2. The summed E-state index contributed by atoms with van der Waals surface area (Å²) in [4.78, 5) is 18.0. The zero-order chi connectivity index (χ0) is 11.7. The Morgan fingerprint density at radius 2 is 2.18 bits per heavy atom. The predicted molar refractivity (Wildman–Crippen MR) is 66.1 cm³/mol. The Hall–Kier alpha value is -1.62. The molecule has 17 heavy (non-hydrogen) atoms. The van der Waals surface area contributed by atoms with Gasteiger partial charge in [0.25, 0.3) is 0 Å². The van der Waals surface area contributed by atoms with E-state index >= 15 is 0 Å². The van der Waals surface area contributed by atoms with E-state index in [1.165, 1.54) is 0 Å². The fourth-order valence-corrected chi connectivity index (χ4v) is 2.59. The van der Waals surface area contributed by atoms with Gasteiger partial charge < -0.3 is 15.5 Å². The molecule has 5 heteroatoms. The van der Waals surface area contributed by atoms with Crippen molar-refractivity contribution in [3.63, 3.8) is 0 Å². The maximum Gasteiger partial charge on any atom is 0.243 e. The molecule has 0 aromatic carbocycles. The van der Waals surface area contributed by atoms with Gasteiger partial charge >= 0.3 is 0 Å². The van der Waals surface area contributed by atoms with E-state index in [4.69, 9.17) is 0 Å². The first kappa shape index (κ1) is 10.5. The van der Waals surface area contributed by atoms with E-state index in [9.17, 15) is 4.79 Å². The molecule has 0 atom stereocenters. The van der Waals surface area contributed by atoms with Gasteiger partial charge in [-0.2, -0.15) is 0 Å². The third kappa shape index (κ3) is 1.98. The normalized spacial score (nSPS) is 20.9. The van der Waals surface area contributed by atoms with Crippen LogP contribution in [0.15, 0.2) is 18.5 Å². The maximum absolute atomic E-state index is 11.7. The van der Waals surface area contributed by atoms with Crippen LogP contribution in [0.2, 0.25) is 0 Å². The third-order valence-electron chi connectivity index (χ3n) is 3.45. The molecule has 0 unspecified atom stereocenters. The number of aromatic nitrogens is 1. The van der Waals surface area contributed by atoms with E-state index < -0.39 is 0 Å². The van der Waals surface area contributed by atoms with E-state index in [0.717, 1.165) is 37.3 Å². The lowest BCUT2D eigenvalue weighted by Crippen LogP contribution is -2.48. The molecule has 0 saturated carbocycles. The molecular formula is C12H16N4O. The van der Waals surface area contributed by atoms with Gasteiger partial charge in [-0.05, 0) is 32.0 Å². The number of nitrogens with zero attached hydrogens (tertiary/aromatic N) is 2. The Morgan fingerprint density at radius 1 is 1.35 bits per heavy atom. The molecule has 0 radical (unpaired) electrons. The van der Waals surface area contributed by atoms with Gasteiger partial charge in [-0.1, -0.05) is 0 Å². The smallest absolute Gasteiger partial charge is 0.243 e. The van der Waals surface area contributed by atoms with Crippen molar-refractivity contribution in [3.05, 3.63) is 18.5 Å². The molecule has 2 aliphatic heterocycles. The molecule has 1 amide bonds. The van der Waals surface area contributed by atoms with E-state index in [1.54, 1.807) is 6.20 Å². The van der Waals surface area contributed by atoms with Crippen LogP contribution in [-0.4, -0.2) is 36.6 Å². The Morgan fingerprint density at radius 3 is 3.00 bits per heavy atom. The summed E-state index contributed by atoms with van der Waals surface area (Å²) < 4.78 is 0. The fourth-order valence-electron chi connectivity index (χ4n) is 2.59. The predicted octanol–water partition coefficient (Wildman–Crippen LogP) is 0.592. The maximum atomic E-state index is 11.7. The average Bonchev–Trinajstić information content (AvgIpc) is 2.39. The molecule has 5 nitrogen and oxygen atoms in total. The number of carbonyl (C=O) groups excluding carboxylic acids is 1. The lowest BCUT2D eigenvalue weighted by atomic mass is 10.0. The summed E-state index contributed by atoms with van der Waals surface area (Å²) >= 11 is 0. The molecule has 0 bridgehead atoms. The van der Waals surface area contributed by atoms with Gasteiger partial charge in [0, 0.05) is 12.2 Å². The van der Waals surface area contributed by atoms with Crippen molar-refractivity contribution in [2.45, 2.75) is 18.9 Å². The molecule has 90 valence electrons. The Bertz CT molecular complexity index is 428. The van der Waals surface area contributed by atoms with Gasteiger partial charge in [0.15, 0.2) is 0 Å². The van der Waals surface area contributed by atoms with Crippen molar-refractivity contribution in [2.24, 2.45) is 0 Å². The van der Waals surface area contributed by atoms with Gasteiger partial charge in [-0.15, -0.1) is 0 Å². The molecule has 0 spiro atoms. The van der Waals surface area contributed by atoms with Crippen LogP contribution >= 0.6 is 0 Å². The first-order valence-electron chi connectivity index (χ1n) is 6.06. The first-order valence-corrected chi connectivity index (χ1v) is 6.06. The van der Waals surface area contributed by atoms with Crippen LogP contribution in [0.1, 0.15) is 12.8 Å². The number of amides is 1. The van der Waals surface area contributed by atoms with Crippen LogP contribution in [0.4, 0.5) is 11.4 Å². The Labute approximate surface area is 100 Å². The second-order valence-electron chi connectivity index (χ2n) is 4.55. The molecule has 1 aromatic heterocycles. The first-order chi connectivity index (χ1) is 8.34. The summed E-state index contributed by atoms with van der Waals surface area (Å²) in [5.74, 6) is 0.0715. The summed E-state index contributed by atoms with van der Waals surface area (Å²) in [7, 11) is 0. The zero-order valence-corrected chi connectivity index (χ0v) is 9.65. The number of fused-ring (bicyclic) bond motifs is 1. The summed E-state index contributed by atoms with van der Waals surface area (Å²) in [5, 5.41) is 6.24. The van der Waals surface area contributed by atoms with Crippen molar-refractivity contribution in [1.82, 2.24) is 10.3 Å². The van der Waals surface area contributed by atoms with Crippen LogP contribution in [0.3, 0.4) is 0 Å². The Balaban J connectivity index is 1.91. The van der Waals surface area contributed by atoms with Crippen LogP contribution in [0, 0.1) is 0 Å². The molecule has 1 aromatic rings. The van der Waals surface area contributed by atoms with Gasteiger partial charge in [0.05, 0.1) is 24.1 Å². The van der Waals surface area contributed by atoms with Gasteiger partial charge in [-0.3, -0.25) is 9.78 Å². The average molecular weight is 232 g/mol. The minimum atomic E-state index is 0.0715. The van der Waals surface area contributed by atoms with E-state index in [1.807, 2.05) is 12.3 Å². The largest absolute Gasteiger partial charge is 0.356 e. The minimum absolute atomic E-state index is 0.0715.